The monoisotopic (exact) mass is 253 g/mol. The van der Waals surface area contributed by atoms with Crippen molar-refractivity contribution in [3.63, 3.8) is 0 Å². The zero-order chi connectivity index (χ0) is 13.3. The van der Waals surface area contributed by atoms with Crippen LogP contribution in [-0.2, 0) is 28.7 Å². The van der Waals surface area contributed by atoms with Crippen LogP contribution in [0.25, 0.3) is 0 Å². The predicted octanol–water partition coefficient (Wildman–Crippen LogP) is -0.951. The Morgan fingerprint density at radius 3 is 2.17 bits per heavy atom. The minimum atomic E-state index is -0.734. The molecule has 0 saturated carbocycles. The quantitative estimate of drug-likeness (QED) is 0.392. The molecule has 7 heteroatoms. The van der Waals surface area contributed by atoms with E-state index in [0.717, 1.165) is 0 Å². The minimum absolute atomic E-state index is 0.0316. The third kappa shape index (κ3) is 2.45. The van der Waals surface area contributed by atoms with Crippen LogP contribution < -0.4 is 5.73 Å². The molecule has 3 atom stereocenters. The second-order valence-corrected chi connectivity index (χ2v) is 4.17. The largest absolute Gasteiger partial charge is 0.393 e. The van der Waals surface area contributed by atoms with Crippen LogP contribution >= 0.6 is 0 Å². The Bertz CT molecular complexity index is 454. The Morgan fingerprint density at radius 1 is 1.06 bits per heavy atom. The summed E-state index contributed by atoms with van der Waals surface area (Å²) in [6.45, 7) is 0. The SMILES string of the molecule is NC(/C=C/C1CC(=O)OC1=O)C1CC(=O)OC1=O. The van der Waals surface area contributed by atoms with Crippen molar-refractivity contribution in [2.45, 2.75) is 18.9 Å². The molecule has 0 aromatic rings. The standard InChI is InChI=1S/C11H11NO6/c12-7(6-4-9(14)18-11(6)16)2-1-5-3-8(13)17-10(5)15/h1-2,5-7H,3-4,12H2/b2-1+. The summed E-state index contributed by atoms with van der Waals surface area (Å²) >= 11 is 0. The molecule has 2 fully saturated rings. The van der Waals surface area contributed by atoms with E-state index >= 15 is 0 Å². The molecule has 0 amide bonds. The van der Waals surface area contributed by atoms with Crippen molar-refractivity contribution in [1.82, 2.24) is 0 Å². The minimum Gasteiger partial charge on any atom is -0.393 e. The van der Waals surface area contributed by atoms with Gasteiger partial charge in [0.15, 0.2) is 0 Å². The van der Waals surface area contributed by atoms with E-state index in [4.69, 9.17) is 5.73 Å². The Kier molecular flexibility index (Phi) is 3.24. The van der Waals surface area contributed by atoms with Crippen LogP contribution in [0.3, 0.4) is 0 Å². The van der Waals surface area contributed by atoms with Gasteiger partial charge in [-0.2, -0.15) is 0 Å². The van der Waals surface area contributed by atoms with Gasteiger partial charge in [-0.15, -0.1) is 0 Å². The van der Waals surface area contributed by atoms with Crippen molar-refractivity contribution in [2.75, 3.05) is 0 Å². The molecule has 0 bridgehead atoms. The summed E-state index contributed by atoms with van der Waals surface area (Å²) in [5, 5.41) is 0. The molecule has 2 N–H and O–H groups in total. The van der Waals surface area contributed by atoms with Gasteiger partial charge in [0, 0.05) is 6.04 Å². The summed E-state index contributed by atoms with van der Waals surface area (Å²) in [5.74, 6) is -3.89. The average Bonchev–Trinajstić information content (AvgIpc) is 2.78. The molecule has 3 unspecified atom stereocenters. The first-order valence-corrected chi connectivity index (χ1v) is 5.40. The Balaban J connectivity index is 1.97. The molecule has 2 aliphatic rings. The number of hydrogen-bond donors (Lipinski definition) is 1. The summed E-state index contributed by atoms with van der Waals surface area (Å²) < 4.78 is 8.72. The summed E-state index contributed by atoms with van der Waals surface area (Å²) in [7, 11) is 0. The number of esters is 4. The van der Waals surface area contributed by atoms with E-state index in [9.17, 15) is 19.2 Å². The Labute approximate surface area is 102 Å². The van der Waals surface area contributed by atoms with Gasteiger partial charge in [-0.1, -0.05) is 12.2 Å². The first-order valence-electron chi connectivity index (χ1n) is 5.40. The highest BCUT2D eigenvalue weighted by Gasteiger charge is 2.37. The van der Waals surface area contributed by atoms with E-state index in [2.05, 4.69) is 9.47 Å². The fourth-order valence-corrected chi connectivity index (χ4v) is 1.82. The number of cyclic esters (lactones) is 4. The lowest BCUT2D eigenvalue weighted by Crippen LogP contribution is -2.31. The van der Waals surface area contributed by atoms with Crippen molar-refractivity contribution in [1.29, 1.82) is 0 Å². The lowest BCUT2D eigenvalue weighted by Gasteiger charge is -2.10. The van der Waals surface area contributed by atoms with Crippen molar-refractivity contribution in [3.8, 4) is 0 Å². The first kappa shape index (κ1) is 12.4. The fourth-order valence-electron chi connectivity index (χ4n) is 1.82. The number of ether oxygens (including phenoxy) is 2. The highest BCUT2D eigenvalue weighted by Crippen LogP contribution is 2.21. The maximum Gasteiger partial charge on any atom is 0.321 e. The zero-order valence-corrected chi connectivity index (χ0v) is 9.33. The lowest BCUT2D eigenvalue weighted by molar-refractivity contribution is -0.154. The number of carbonyl (C=O) groups is 4. The van der Waals surface area contributed by atoms with E-state index in [1.54, 1.807) is 0 Å². The highest BCUT2D eigenvalue weighted by molar-refractivity contribution is 5.96. The molecule has 0 aromatic heterocycles. The highest BCUT2D eigenvalue weighted by atomic mass is 16.6. The van der Waals surface area contributed by atoms with Crippen LogP contribution in [0.5, 0.6) is 0 Å². The molecule has 2 rings (SSSR count). The van der Waals surface area contributed by atoms with Gasteiger partial charge in [0.2, 0.25) is 0 Å². The molecule has 2 saturated heterocycles. The lowest BCUT2D eigenvalue weighted by atomic mass is 9.96. The fraction of sp³-hybridized carbons (Fsp3) is 0.455. The van der Waals surface area contributed by atoms with Crippen LogP contribution in [0, 0.1) is 11.8 Å². The average molecular weight is 253 g/mol. The smallest absolute Gasteiger partial charge is 0.321 e. The molecule has 0 aromatic carbocycles. The molecular weight excluding hydrogens is 242 g/mol. The topological polar surface area (TPSA) is 113 Å². The van der Waals surface area contributed by atoms with E-state index < -0.39 is 41.8 Å². The predicted molar refractivity (Wildman–Crippen MR) is 55.5 cm³/mol. The van der Waals surface area contributed by atoms with Crippen molar-refractivity contribution in [3.05, 3.63) is 12.2 Å². The zero-order valence-electron chi connectivity index (χ0n) is 9.33. The van der Waals surface area contributed by atoms with E-state index in [1.165, 1.54) is 12.2 Å². The van der Waals surface area contributed by atoms with Crippen LogP contribution in [0.1, 0.15) is 12.8 Å². The maximum absolute atomic E-state index is 11.2. The normalized spacial score (nSPS) is 29.8. The van der Waals surface area contributed by atoms with Gasteiger partial charge >= 0.3 is 23.9 Å². The van der Waals surface area contributed by atoms with Gasteiger partial charge in [0.05, 0.1) is 24.7 Å². The van der Waals surface area contributed by atoms with Crippen molar-refractivity contribution in [2.24, 2.45) is 17.6 Å². The van der Waals surface area contributed by atoms with Gasteiger partial charge in [-0.3, -0.25) is 19.2 Å². The van der Waals surface area contributed by atoms with E-state index in [1.807, 2.05) is 0 Å². The maximum atomic E-state index is 11.2. The van der Waals surface area contributed by atoms with Gasteiger partial charge in [0.1, 0.15) is 0 Å². The summed E-state index contributed by atoms with van der Waals surface area (Å²) in [6, 6.07) is -0.729. The Morgan fingerprint density at radius 2 is 1.67 bits per heavy atom. The summed E-state index contributed by atoms with van der Waals surface area (Å²) in [6.07, 6.45) is 2.75. The molecular formula is C11H11NO6. The summed E-state index contributed by atoms with van der Waals surface area (Å²) in [5.41, 5.74) is 5.71. The van der Waals surface area contributed by atoms with Crippen molar-refractivity contribution < 1.29 is 28.7 Å². The molecule has 2 aliphatic heterocycles. The van der Waals surface area contributed by atoms with Gasteiger partial charge < -0.3 is 15.2 Å². The number of hydrogen-bond acceptors (Lipinski definition) is 7. The molecule has 0 spiro atoms. The van der Waals surface area contributed by atoms with E-state index in [0.29, 0.717) is 0 Å². The van der Waals surface area contributed by atoms with Gasteiger partial charge in [-0.05, 0) is 0 Å². The number of carbonyl (C=O) groups excluding carboxylic acids is 4. The molecule has 96 valence electrons. The van der Waals surface area contributed by atoms with Gasteiger partial charge in [0.25, 0.3) is 0 Å². The summed E-state index contributed by atoms with van der Waals surface area (Å²) in [4.78, 5) is 44.1. The number of rotatable bonds is 3. The van der Waals surface area contributed by atoms with Gasteiger partial charge in [-0.25, -0.2) is 0 Å². The molecule has 0 aliphatic carbocycles. The van der Waals surface area contributed by atoms with E-state index in [-0.39, 0.29) is 12.8 Å². The third-order valence-corrected chi connectivity index (χ3v) is 2.84. The number of nitrogens with two attached hydrogens (primary N) is 1. The van der Waals surface area contributed by atoms with Crippen LogP contribution in [0.4, 0.5) is 0 Å². The second kappa shape index (κ2) is 4.69. The van der Waals surface area contributed by atoms with Crippen LogP contribution in [0.2, 0.25) is 0 Å². The van der Waals surface area contributed by atoms with Crippen molar-refractivity contribution >= 4 is 23.9 Å². The molecule has 18 heavy (non-hydrogen) atoms. The third-order valence-electron chi connectivity index (χ3n) is 2.84. The second-order valence-electron chi connectivity index (χ2n) is 4.17. The first-order chi connectivity index (χ1) is 8.47. The molecule has 0 radical (unpaired) electrons. The molecule has 7 nitrogen and oxygen atoms in total. The molecule has 2 heterocycles. The Hall–Kier alpha value is -2.02. The van der Waals surface area contributed by atoms with Crippen LogP contribution in [0.15, 0.2) is 12.2 Å². The van der Waals surface area contributed by atoms with Crippen LogP contribution in [-0.4, -0.2) is 29.9 Å².